The Morgan fingerprint density at radius 1 is 1.52 bits per heavy atom. The van der Waals surface area contributed by atoms with E-state index in [4.69, 9.17) is 16.8 Å². The molecule has 1 unspecified atom stereocenters. The van der Waals surface area contributed by atoms with Crippen LogP contribution < -0.4 is 5.32 Å². The number of nitrogens with one attached hydrogen (secondary N) is 1. The smallest absolute Gasteiger partial charge is 0.327 e. The van der Waals surface area contributed by atoms with Gasteiger partial charge in [-0.2, -0.15) is 5.26 Å². The molecule has 6 heteroatoms. The van der Waals surface area contributed by atoms with Crippen LogP contribution in [0.15, 0.2) is 24.3 Å². The van der Waals surface area contributed by atoms with E-state index >= 15 is 0 Å². The van der Waals surface area contributed by atoms with E-state index in [1.807, 2.05) is 6.07 Å². The average molecular weight is 285 g/mol. The SMILES string of the molecule is C#CCC(NC(=O)N(C)Cc1cccc(C#N)c1)C(=O)O. The monoisotopic (exact) mass is 285 g/mol. The number of terminal acetylenes is 1. The normalized spacial score (nSPS) is 10.8. The molecule has 1 atom stereocenters. The van der Waals surface area contributed by atoms with Gasteiger partial charge in [0.05, 0.1) is 11.6 Å². The second kappa shape index (κ2) is 7.56. The highest BCUT2D eigenvalue weighted by Crippen LogP contribution is 2.07. The van der Waals surface area contributed by atoms with Crippen LogP contribution in [0.25, 0.3) is 0 Å². The van der Waals surface area contributed by atoms with Gasteiger partial charge in [0.15, 0.2) is 0 Å². The fourth-order valence-electron chi connectivity index (χ4n) is 1.66. The van der Waals surface area contributed by atoms with Gasteiger partial charge in [0, 0.05) is 20.0 Å². The van der Waals surface area contributed by atoms with Gasteiger partial charge in [0.25, 0.3) is 0 Å². The summed E-state index contributed by atoms with van der Waals surface area (Å²) < 4.78 is 0. The van der Waals surface area contributed by atoms with Crippen molar-refractivity contribution >= 4 is 12.0 Å². The number of benzene rings is 1. The van der Waals surface area contributed by atoms with Gasteiger partial charge in [-0.15, -0.1) is 12.3 Å². The van der Waals surface area contributed by atoms with Crippen LogP contribution in [-0.2, 0) is 11.3 Å². The molecule has 0 bridgehead atoms. The molecule has 0 aliphatic heterocycles. The number of nitriles is 1. The fraction of sp³-hybridized carbons (Fsp3) is 0.267. The molecule has 0 saturated heterocycles. The summed E-state index contributed by atoms with van der Waals surface area (Å²) in [6, 6.07) is 7.19. The van der Waals surface area contributed by atoms with Crippen molar-refractivity contribution in [3.8, 4) is 18.4 Å². The van der Waals surface area contributed by atoms with Crippen molar-refractivity contribution in [2.75, 3.05) is 7.05 Å². The number of hydrogen-bond donors (Lipinski definition) is 2. The van der Waals surface area contributed by atoms with Gasteiger partial charge < -0.3 is 15.3 Å². The minimum atomic E-state index is -1.18. The van der Waals surface area contributed by atoms with E-state index in [2.05, 4.69) is 11.2 Å². The first kappa shape index (κ1) is 16.1. The van der Waals surface area contributed by atoms with Crippen molar-refractivity contribution in [2.24, 2.45) is 0 Å². The van der Waals surface area contributed by atoms with Crippen LogP contribution >= 0.6 is 0 Å². The summed E-state index contributed by atoms with van der Waals surface area (Å²) in [4.78, 5) is 24.2. The van der Waals surface area contributed by atoms with Gasteiger partial charge in [-0.3, -0.25) is 0 Å². The lowest BCUT2D eigenvalue weighted by Crippen LogP contribution is -2.46. The Kier molecular flexibility index (Phi) is 5.79. The quantitative estimate of drug-likeness (QED) is 0.794. The summed E-state index contributed by atoms with van der Waals surface area (Å²) in [5, 5.41) is 20.1. The predicted octanol–water partition coefficient (Wildman–Crippen LogP) is 1.18. The maximum Gasteiger partial charge on any atom is 0.327 e. The van der Waals surface area contributed by atoms with Gasteiger partial charge in [-0.05, 0) is 17.7 Å². The lowest BCUT2D eigenvalue weighted by Gasteiger charge is -2.20. The molecule has 108 valence electrons. The lowest BCUT2D eigenvalue weighted by atomic mass is 10.1. The van der Waals surface area contributed by atoms with Crippen LogP contribution in [0.2, 0.25) is 0 Å². The third-order valence-corrected chi connectivity index (χ3v) is 2.74. The zero-order valence-electron chi connectivity index (χ0n) is 11.5. The van der Waals surface area contributed by atoms with E-state index in [1.54, 1.807) is 24.3 Å². The molecule has 1 aromatic rings. The summed E-state index contributed by atoms with van der Waals surface area (Å²) >= 11 is 0. The number of amides is 2. The van der Waals surface area contributed by atoms with E-state index in [9.17, 15) is 9.59 Å². The van der Waals surface area contributed by atoms with Crippen molar-refractivity contribution in [1.29, 1.82) is 5.26 Å². The Morgan fingerprint density at radius 2 is 2.24 bits per heavy atom. The van der Waals surface area contributed by atoms with Crippen LogP contribution in [0.4, 0.5) is 4.79 Å². The highest BCUT2D eigenvalue weighted by molar-refractivity contribution is 5.82. The second-order valence-electron chi connectivity index (χ2n) is 4.42. The van der Waals surface area contributed by atoms with Gasteiger partial charge in [0.1, 0.15) is 6.04 Å². The Bertz CT molecular complexity index is 613. The molecule has 0 fully saturated rings. The van der Waals surface area contributed by atoms with Gasteiger partial charge >= 0.3 is 12.0 Å². The molecule has 0 aliphatic carbocycles. The van der Waals surface area contributed by atoms with Crippen molar-refractivity contribution in [3.05, 3.63) is 35.4 Å². The molecule has 2 amide bonds. The molecular formula is C15H15N3O3. The standard InChI is InChI=1S/C15H15N3O3/c1-3-5-13(14(19)20)17-15(21)18(2)10-12-7-4-6-11(8-12)9-16/h1,4,6-8,13H,5,10H2,2H3,(H,17,21)(H,19,20). The zero-order valence-corrected chi connectivity index (χ0v) is 11.5. The maximum atomic E-state index is 11.9. The van der Waals surface area contributed by atoms with Gasteiger partial charge in [-0.25, -0.2) is 9.59 Å². The minimum absolute atomic E-state index is 0.0845. The average Bonchev–Trinajstić information content (AvgIpc) is 2.46. The molecule has 0 heterocycles. The highest BCUT2D eigenvalue weighted by Gasteiger charge is 2.20. The number of carbonyl (C=O) groups excluding carboxylic acids is 1. The number of carboxylic acid groups (broad SMARTS) is 1. The summed E-state index contributed by atoms with van der Waals surface area (Å²) in [7, 11) is 1.53. The summed E-state index contributed by atoms with van der Waals surface area (Å²) in [6.07, 6.45) is 4.98. The number of aliphatic carboxylic acids is 1. The first-order valence-electron chi connectivity index (χ1n) is 6.15. The maximum absolute atomic E-state index is 11.9. The molecular weight excluding hydrogens is 270 g/mol. The Balaban J connectivity index is 2.68. The summed E-state index contributed by atoms with van der Waals surface area (Å²) in [5.74, 6) is 1.03. The summed E-state index contributed by atoms with van der Waals surface area (Å²) in [5.41, 5.74) is 1.27. The van der Waals surface area contributed by atoms with Crippen molar-refractivity contribution < 1.29 is 14.7 Å². The molecule has 1 rings (SSSR count). The largest absolute Gasteiger partial charge is 0.480 e. The number of rotatable bonds is 5. The predicted molar refractivity (Wildman–Crippen MR) is 76.0 cm³/mol. The third kappa shape index (κ3) is 4.88. The van der Waals surface area contributed by atoms with Crippen molar-refractivity contribution in [2.45, 2.75) is 19.0 Å². The molecule has 0 spiro atoms. The minimum Gasteiger partial charge on any atom is -0.480 e. The zero-order chi connectivity index (χ0) is 15.8. The second-order valence-corrected chi connectivity index (χ2v) is 4.42. The molecule has 1 aromatic carbocycles. The van der Waals surface area contributed by atoms with Gasteiger partial charge in [0.2, 0.25) is 0 Å². The molecule has 0 aliphatic rings. The topological polar surface area (TPSA) is 93.4 Å². The first-order chi connectivity index (χ1) is 9.97. The number of carbonyl (C=O) groups is 2. The Hall–Kier alpha value is -2.99. The van der Waals surface area contributed by atoms with E-state index < -0.39 is 18.0 Å². The molecule has 21 heavy (non-hydrogen) atoms. The van der Waals surface area contributed by atoms with Crippen molar-refractivity contribution in [3.63, 3.8) is 0 Å². The number of hydrogen-bond acceptors (Lipinski definition) is 3. The van der Waals surface area contributed by atoms with Crippen LogP contribution in [-0.4, -0.2) is 35.1 Å². The number of urea groups is 1. The number of carboxylic acids is 1. The highest BCUT2D eigenvalue weighted by atomic mass is 16.4. The number of nitrogens with zero attached hydrogens (tertiary/aromatic N) is 2. The van der Waals surface area contributed by atoms with Crippen LogP contribution in [0.5, 0.6) is 0 Å². The molecule has 6 nitrogen and oxygen atoms in total. The lowest BCUT2D eigenvalue weighted by molar-refractivity contribution is -0.139. The van der Waals surface area contributed by atoms with Crippen LogP contribution in [0.3, 0.4) is 0 Å². The Labute approximate surface area is 123 Å². The van der Waals surface area contributed by atoms with E-state index in [0.29, 0.717) is 5.56 Å². The molecule has 2 N–H and O–H groups in total. The Morgan fingerprint density at radius 3 is 2.81 bits per heavy atom. The first-order valence-corrected chi connectivity index (χ1v) is 6.15. The van der Waals surface area contributed by atoms with E-state index in [-0.39, 0.29) is 13.0 Å². The van der Waals surface area contributed by atoms with Gasteiger partial charge in [-0.1, -0.05) is 12.1 Å². The molecule has 0 saturated carbocycles. The molecule has 0 radical (unpaired) electrons. The third-order valence-electron chi connectivity index (χ3n) is 2.74. The van der Waals surface area contributed by atoms with E-state index in [1.165, 1.54) is 11.9 Å². The van der Waals surface area contributed by atoms with Crippen molar-refractivity contribution in [1.82, 2.24) is 10.2 Å². The fourth-order valence-corrected chi connectivity index (χ4v) is 1.66. The van der Waals surface area contributed by atoms with Crippen LogP contribution in [0.1, 0.15) is 17.5 Å². The summed E-state index contributed by atoms with van der Waals surface area (Å²) in [6.45, 7) is 0.254. The molecule has 0 aromatic heterocycles. The van der Waals surface area contributed by atoms with E-state index in [0.717, 1.165) is 5.56 Å². The van der Waals surface area contributed by atoms with Crippen LogP contribution in [0, 0.1) is 23.7 Å².